The van der Waals surface area contributed by atoms with Crippen LogP contribution >= 0.6 is 0 Å². The van der Waals surface area contributed by atoms with Gasteiger partial charge in [0.05, 0.1) is 0 Å². The Bertz CT molecular complexity index is 896. The van der Waals surface area contributed by atoms with E-state index in [0.717, 1.165) is 12.0 Å². The van der Waals surface area contributed by atoms with Crippen LogP contribution in [0.3, 0.4) is 0 Å². The lowest BCUT2D eigenvalue weighted by molar-refractivity contribution is 0.346. The number of rotatable bonds is 5. The van der Waals surface area contributed by atoms with Crippen molar-refractivity contribution in [2.75, 3.05) is 0 Å². The lowest BCUT2D eigenvalue weighted by atomic mass is 9.99. The second-order valence-electron chi connectivity index (χ2n) is 5.37. The topological polar surface area (TPSA) is 63.6 Å². The van der Waals surface area contributed by atoms with Gasteiger partial charge in [-0.15, -0.1) is 0 Å². The smallest absolute Gasteiger partial charge is 0.300 e. The van der Waals surface area contributed by atoms with Crippen molar-refractivity contribution in [3.05, 3.63) is 53.1 Å². The lowest BCUT2D eigenvalue weighted by Gasteiger charge is -2.13. The molecule has 0 spiro atoms. The fourth-order valence-electron chi connectivity index (χ4n) is 2.13. The minimum absolute atomic E-state index is 0.128. The van der Waals surface area contributed by atoms with Crippen LogP contribution in [0, 0.1) is 23.3 Å². The van der Waals surface area contributed by atoms with Gasteiger partial charge in [0.15, 0.2) is 22.3 Å². The van der Waals surface area contributed by atoms with E-state index in [4.69, 9.17) is 9.29 Å². The first kappa shape index (κ1) is 19.2. The molecule has 0 saturated carbocycles. The summed E-state index contributed by atoms with van der Waals surface area (Å²) in [5.41, 5.74) is 0.916. The molecule has 0 aliphatic carbocycles. The first-order chi connectivity index (χ1) is 11.6. The standard InChI is InChI=1S/C16H14F4O4S/c1-3-8(2)9-4-6-10(7-5-9)24-15-12(18)11(17)13(19)16(14(15)20)25(21,22)23/h4-8H,3H2,1-2H3,(H,21,22,23). The van der Waals surface area contributed by atoms with Crippen molar-refractivity contribution in [3.63, 3.8) is 0 Å². The van der Waals surface area contributed by atoms with Crippen LogP contribution in [-0.4, -0.2) is 13.0 Å². The molecule has 4 nitrogen and oxygen atoms in total. The molecular formula is C16H14F4O4S. The lowest BCUT2D eigenvalue weighted by Crippen LogP contribution is -2.11. The van der Waals surface area contributed by atoms with Crippen LogP contribution in [0.5, 0.6) is 11.5 Å². The molecule has 0 bridgehead atoms. The van der Waals surface area contributed by atoms with Crippen LogP contribution in [0.25, 0.3) is 0 Å². The summed E-state index contributed by atoms with van der Waals surface area (Å²) < 4.78 is 90.6. The van der Waals surface area contributed by atoms with Crippen molar-refractivity contribution in [1.82, 2.24) is 0 Å². The van der Waals surface area contributed by atoms with Crippen LogP contribution in [0.4, 0.5) is 17.6 Å². The van der Waals surface area contributed by atoms with Crippen molar-refractivity contribution >= 4 is 10.1 Å². The van der Waals surface area contributed by atoms with E-state index >= 15 is 0 Å². The second-order valence-corrected chi connectivity index (χ2v) is 6.73. The van der Waals surface area contributed by atoms with Gasteiger partial charge < -0.3 is 4.74 Å². The van der Waals surface area contributed by atoms with Gasteiger partial charge in [0.25, 0.3) is 0 Å². The SMILES string of the molecule is CCC(C)c1ccc(Oc2c(F)c(F)c(F)c(S(=O)(=O)O)c2F)cc1. The van der Waals surface area contributed by atoms with Crippen molar-refractivity contribution in [3.8, 4) is 11.5 Å². The Balaban J connectivity index is 2.52. The normalized spacial score (nSPS) is 12.9. The average Bonchev–Trinajstić information content (AvgIpc) is 2.55. The minimum atomic E-state index is -5.48. The Kier molecular flexibility index (Phi) is 5.38. The summed E-state index contributed by atoms with van der Waals surface area (Å²) >= 11 is 0. The molecule has 25 heavy (non-hydrogen) atoms. The Morgan fingerprint density at radius 3 is 2.04 bits per heavy atom. The van der Waals surface area contributed by atoms with Gasteiger partial charge in [-0.3, -0.25) is 4.55 Å². The molecule has 1 atom stereocenters. The Labute approximate surface area is 141 Å². The zero-order chi connectivity index (χ0) is 18.9. The third-order valence-corrected chi connectivity index (χ3v) is 4.60. The third kappa shape index (κ3) is 3.77. The molecule has 0 aromatic heterocycles. The highest BCUT2D eigenvalue weighted by atomic mass is 32.2. The largest absolute Gasteiger partial charge is 0.451 e. The molecule has 0 aliphatic heterocycles. The Morgan fingerprint density at radius 1 is 1.00 bits per heavy atom. The summed E-state index contributed by atoms with van der Waals surface area (Å²) in [5, 5.41) is 0. The van der Waals surface area contributed by atoms with E-state index in [1.54, 1.807) is 12.1 Å². The number of benzene rings is 2. The quantitative estimate of drug-likeness (QED) is 0.351. The number of ether oxygens (including phenoxy) is 1. The van der Waals surface area contributed by atoms with Crippen LogP contribution in [-0.2, 0) is 10.1 Å². The second kappa shape index (κ2) is 7.01. The van der Waals surface area contributed by atoms with Gasteiger partial charge in [0.1, 0.15) is 5.75 Å². The van der Waals surface area contributed by atoms with Crippen molar-refractivity contribution in [1.29, 1.82) is 0 Å². The molecule has 136 valence electrons. The summed E-state index contributed by atoms with van der Waals surface area (Å²) in [6, 6.07) is 5.91. The molecule has 0 amide bonds. The molecule has 2 aromatic carbocycles. The molecule has 2 aromatic rings. The zero-order valence-electron chi connectivity index (χ0n) is 13.2. The van der Waals surface area contributed by atoms with E-state index in [9.17, 15) is 26.0 Å². The van der Waals surface area contributed by atoms with E-state index in [1.807, 2.05) is 13.8 Å². The first-order valence-electron chi connectivity index (χ1n) is 7.19. The molecule has 0 aliphatic rings. The maximum Gasteiger partial charge on any atom is 0.300 e. The monoisotopic (exact) mass is 378 g/mol. The fourth-order valence-corrected chi connectivity index (χ4v) is 2.76. The van der Waals surface area contributed by atoms with Gasteiger partial charge in [-0.1, -0.05) is 26.0 Å². The zero-order valence-corrected chi connectivity index (χ0v) is 14.0. The molecule has 0 heterocycles. The minimum Gasteiger partial charge on any atom is -0.451 e. The summed E-state index contributed by atoms with van der Waals surface area (Å²) in [4.78, 5) is -2.02. The molecule has 9 heteroatoms. The van der Waals surface area contributed by atoms with E-state index in [-0.39, 0.29) is 11.7 Å². The predicted octanol–water partition coefficient (Wildman–Crippen LogP) is 4.80. The number of halogens is 4. The molecule has 1 N–H and O–H groups in total. The summed E-state index contributed by atoms with van der Waals surface area (Å²) in [5.74, 6) is -10.1. The van der Waals surface area contributed by atoms with Crippen molar-refractivity contribution < 1.29 is 35.3 Å². The van der Waals surface area contributed by atoms with E-state index in [1.165, 1.54) is 12.1 Å². The van der Waals surface area contributed by atoms with Gasteiger partial charge in [0, 0.05) is 0 Å². The molecule has 1 unspecified atom stereocenters. The molecule has 0 saturated heterocycles. The fraction of sp³-hybridized carbons (Fsp3) is 0.250. The average molecular weight is 378 g/mol. The summed E-state index contributed by atoms with van der Waals surface area (Å²) in [6.45, 7) is 3.93. The van der Waals surface area contributed by atoms with Crippen LogP contribution in [0.1, 0.15) is 31.7 Å². The van der Waals surface area contributed by atoms with Gasteiger partial charge in [0.2, 0.25) is 11.6 Å². The summed E-state index contributed by atoms with van der Waals surface area (Å²) in [6.07, 6.45) is 0.852. The Morgan fingerprint density at radius 2 is 1.56 bits per heavy atom. The first-order valence-corrected chi connectivity index (χ1v) is 8.63. The molecule has 0 fully saturated rings. The maximum absolute atomic E-state index is 14.1. The van der Waals surface area contributed by atoms with Gasteiger partial charge in [-0.2, -0.15) is 12.8 Å². The highest BCUT2D eigenvalue weighted by Gasteiger charge is 2.33. The highest BCUT2D eigenvalue weighted by Crippen LogP contribution is 2.35. The van der Waals surface area contributed by atoms with E-state index < -0.39 is 44.0 Å². The third-order valence-electron chi connectivity index (χ3n) is 3.72. The number of hydrogen-bond acceptors (Lipinski definition) is 3. The van der Waals surface area contributed by atoms with Gasteiger partial charge in [-0.05, 0) is 30.0 Å². The van der Waals surface area contributed by atoms with E-state index in [0.29, 0.717) is 0 Å². The van der Waals surface area contributed by atoms with Crippen molar-refractivity contribution in [2.24, 2.45) is 0 Å². The molecule has 2 rings (SSSR count). The van der Waals surface area contributed by atoms with Crippen LogP contribution < -0.4 is 4.74 Å². The maximum atomic E-state index is 14.1. The number of hydrogen-bond donors (Lipinski definition) is 1. The van der Waals surface area contributed by atoms with Gasteiger partial charge in [-0.25, -0.2) is 13.2 Å². The van der Waals surface area contributed by atoms with Gasteiger partial charge >= 0.3 is 10.1 Å². The summed E-state index contributed by atoms with van der Waals surface area (Å²) in [7, 11) is -5.48. The van der Waals surface area contributed by atoms with Crippen LogP contribution in [0.2, 0.25) is 0 Å². The van der Waals surface area contributed by atoms with Crippen molar-refractivity contribution in [2.45, 2.75) is 31.1 Å². The van der Waals surface area contributed by atoms with E-state index in [2.05, 4.69) is 0 Å². The molecular weight excluding hydrogens is 364 g/mol. The predicted molar refractivity (Wildman–Crippen MR) is 81.3 cm³/mol. The molecule has 0 radical (unpaired) electrons. The highest BCUT2D eigenvalue weighted by molar-refractivity contribution is 7.85. The van der Waals surface area contributed by atoms with Crippen LogP contribution in [0.15, 0.2) is 29.2 Å². The Hall–Kier alpha value is -2.13.